The summed E-state index contributed by atoms with van der Waals surface area (Å²) < 4.78 is 7.21. The van der Waals surface area contributed by atoms with Crippen molar-refractivity contribution in [2.24, 2.45) is 0 Å². The van der Waals surface area contributed by atoms with Crippen LogP contribution in [0.1, 0.15) is 6.42 Å². The second-order valence-electron chi connectivity index (χ2n) is 5.82. The average Bonchev–Trinajstić information content (AvgIpc) is 3.43. The molecule has 3 aromatic heterocycles. The quantitative estimate of drug-likeness (QED) is 0.518. The van der Waals surface area contributed by atoms with Crippen LogP contribution >= 0.6 is 11.3 Å². The molecule has 3 heterocycles. The Morgan fingerprint density at radius 2 is 2.00 bits per heavy atom. The predicted molar refractivity (Wildman–Crippen MR) is 108 cm³/mol. The van der Waals surface area contributed by atoms with Crippen LogP contribution in [0, 0.1) is 0 Å². The normalized spacial score (nSPS) is 10.6. The van der Waals surface area contributed by atoms with Gasteiger partial charge in [-0.25, -0.2) is 14.6 Å². The number of carbonyl (C=O) groups is 1. The van der Waals surface area contributed by atoms with Crippen molar-refractivity contribution in [2.45, 2.75) is 6.42 Å². The van der Waals surface area contributed by atoms with Gasteiger partial charge in [0.15, 0.2) is 11.6 Å². The maximum absolute atomic E-state index is 12.3. The molecule has 1 N–H and O–H groups in total. The summed E-state index contributed by atoms with van der Waals surface area (Å²) in [6.07, 6.45) is 3.68. The summed E-state index contributed by atoms with van der Waals surface area (Å²) in [6.45, 7) is 0.282. The number of nitrogens with one attached hydrogen (secondary N) is 1. The summed E-state index contributed by atoms with van der Waals surface area (Å²) in [6, 6.07) is 16.8. The van der Waals surface area contributed by atoms with E-state index in [1.54, 1.807) is 23.1 Å². The molecule has 7 nitrogen and oxygen atoms in total. The Hall–Kier alpha value is -3.52. The van der Waals surface area contributed by atoms with Crippen molar-refractivity contribution < 1.29 is 9.53 Å². The van der Waals surface area contributed by atoms with E-state index in [9.17, 15) is 4.79 Å². The highest BCUT2D eigenvalue weighted by Crippen LogP contribution is 2.24. The lowest BCUT2D eigenvalue weighted by atomic mass is 10.3. The smallest absolute Gasteiger partial charge is 0.228 e. The molecule has 0 aliphatic heterocycles. The summed E-state index contributed by atoms with van der Waals surface area (Å²) in [5, 5.41) is 8.99. The standard InChI is InChI=1S/C20H17N5O2S/c26-19(9-12-27-15-6-2-1-3-7-15)22-17-14-18(25-11-5-10-21-25)24-20(23-17)16-8-4-13-28-16/h1-8,10-11,13-14H,9,12H2,(H,22,23,24,26). The van der Waals surface area contributed by atoms with Gasteiger partial charge in [0, 0.05) is 18.5 Å². The van der Waals surface area contributed by atoms with Crippen molar-refractivity contribution in [2.75, 3.05) is 11.9 Å². The molecule has 1 aromatic carbocycles. The molecule has 28 heavy (non-hydrogen) atoms. The number of thiophene rings is 1. The van der Waals surface area contributed by atoms with Gasteiger partial charge in [-0.2, -0.15) is 5.10 Å². The van der Waals surface area contributed by atoms with E-state index in [1.165, 1.54) is 11.3 Å². The number of nitrogens with zero attached hydrogens (tertiary/aromatic N) is 4. The molecule has 4 aromatic rings. The molecule has 8 heteroatoms. The van der Waals surface area contributed by atoms with E-state index in [4.69, 9.17) is 4.74 Å². The lowest BCUT2D eigenvalue weighted by Gasteiger charge is -2.09. The Morgan fingerprint density at radius 1 is 1.11 bits per heavy atom. The number of ether oxygens (including phenoxy) is 1. The predicted octanol–water partition coefficient (Wildman–Crippen LogP) is 3.80. The number of amides is 1. The van der Waals surface area contributed by atoms with E-state index in [0.29, 0.717) is 17.5 Å². The fourth-order valence-electron chi connectivity index (χ4n) is 2.52. The number of aromatic nitrogens is 4. The van der Waals surface area contributed by atoms with Crippen molar-refractivity contribution in [3.63, 3.8) is 0 Å². The van der Waals surface area contributed by atoms with E-state index in [-0.39, 0.29) is 18.9 Å². The number of benzene rings is 1. The van der Waals surface area contributed by atoms with Gasteiger partial charge in [-0.05, 0) is 29.6 Å². The zero-order chi connectivity index (χ0) is 19.2. The third-order valence-electron chi connectivity index (χ3n) is 3.80. The largest absolute Gasteiger partial charge is 0.493 e. The first-order valence-electron chi connectivity index (χ1n) is 8.68. The van der Waals surface area contributed by atoms with Crippen LogP contribution in [0.3, 0.4) is 0 Å². The Balaban J connectivity index is 1.48. The number of rotatable bonds is 7. The topological polar surface area (TPSA) is 81.9 Å². The maximum Gasteiger partial charge on any atom is 0.228 e. The van der Waals surface area contributed by atoms with E-state index < -0.39 is 0 Å². The number of carbonyl (C=O) groups excluding carboxylic acids is 1. The molecular weight excluding hydrogens is 374 g/mol. The van der Waals surface area contributed by atoms with Crippen LogP contribution in [0.25, 0.3) is 16.5 Å². The Labute approximate surface area is 165 Å². The third-order valence-corrected chi connectivity index (χ3v) is 4.67. The summed E-state index contributed by atoms with van der Waals surface area (Å²) >= 11 is 1.53. The highest BCUT2D eigenvalue weighted by Gasteiger charge is 2.12. The van der Waals surface area contributed by atoms with E-state index in [0.717, 1.165) is 10.6 Å². The molecule has 0 atom stereocenters. The number of anilines is 1. The first-order valence-corrected chi connectivity index (χ1v) is 9.56. The molecule has 0 saturated carbocycles. The minimum atomic E-state index is -0.182. The fraction of sp³-hybridized carbons (Fsp3) is 0.100. The van der Waals surface area contributed by atoms with Gasteiger partial charge in [-0.15, -0.1) is 11.3 Å². The second kappa shape index (κ2) is 8.45. The van der Waals surface area contributed by atoms with Gasteiger partial charge >= 0.3 is 0 Å². The van der Waals surface area contributed by atoms with Gasteiger partial charge in [0.2, 0.25) is 5.91 Å². The highest BCUT2D eigenvalue weighted by molar-refractivity contribution is 7.13. The summed E-state index contributed by atoms with van der Waals surface area (Å²) in [7, 11) is 0. The molecule has 0 radical (unpaired) electrons. The Bertz CT molecular complexity index is 981. The number of hydrogen-bond donors (Lipinski definition) is 1. The zero-order valence-electron chi connectivity index (χ0n) is 14.9. The molecule has 140 valence electrons. The van der Waals surface area contributed by atoms with Crippen LogP contribution < -0.4 is 10.1 Å². The Kier molecular flexibility index (Phi) is 5.39. The Morgan fingerprint density at radius 3 is 2.75 bits per heavy atom. The molecule has 4 rings (SSSR count). The van der Waals surface area contributed by atoms with Crippen molar-refractivity contribution in [1.82, 2.24) is 19.7 Å². The molecule has 0 aliphatic rings. The second-order valence-corrected chi connectivity index (χ2v) is 6.77. The summed E-state index contributed by atoms with van der Waals surface area (Å²) in [5.74, 6) is 2.10. The molecule has 0 saturated heterocycles. The van der Waals surface area contributed by atoms with Crippen molar-refractivity contribution in [3.05, 3.63) is 72.4 Å². The maximum atomic E-state index is 12.3. The van der Waals surface area contributed by atoms with E-state index >= 15 is 0 Å². The first kappa shape index (κ1) is 17.9. The van der Waals surface area contributed by atoms with Gasteiger partial charge < -0.3 is 10.1 Å². The molecule has 0 unspecified atom stereocenters. The molecule has 0 spiro atoms. The number of para-hydroxylation sites is 1. The summed E-state index contributed by atoms with van der Waals surface area (Å²) in [4.78, 5) is 22.3. The summed E-state index contributed by atoms with van der Waals surface area (Å²) in [5.41, 5.74) is 0. The molecule has 0 bridgehead atoms. The molecule has 0 aliphatic carbocycles. The fourth-order valence-corrected chi connectivity index (χ4v) is 3.18. The van der Waals surface area contributed by atoms with Crippen LogP contribution in [0.15, 0.2) is 72.4 Å². The van der Waals surface area contributed by atoms with Gasteiger partial charge in [0.05, 0.1) is 17.9 Å². The first-order chi connectivity index (χ1) is 13.8. The molecule has 1 amide bonds. The number of hydrogen-bond acceptors (Lipinski definition) is 6. The van der Waals surface area contributed by atoms with Crippen LogP contribution in [0.2, 0.25) is 0 Å². The molecular formula is C20H17N5O2S. The monoisotopic (exact) mass is 391 g/mol. The highest BCUT2D eigenvalue weighted by atomic mass is 32.1. The average molecular weight is 391 g/mol. The van der Waals surface area contributed by atoms with Crippen molar-refractivity contribution in [1.29, 1.82) is 0 Å². The van der Waals surface area contributed by atoms with Crippen LogP contribution in [-0.4, -0.2) is 32.3 Å². The van der Waals surface area contributed by atoms with Gasteiger partial charge in [-0.3, -0.25) is 4.79 Å². The molecule has 0 fully saturated rings. The van der Waals surface area contributed by atoms with Crippen LogP contribution in [-0.2, 0) is 4.79 Å². The van der Waals surface area contributed by atoms with Crippen molar-refractivity contribution >= 4 is 23.1 Å². The van der Waals surface area contributed by atoms with Crippen LogP contribution in [0.5, 0.6) is 5.75 Å². The zero-order valence-corrected chi connectivity index (χ0v) is 15.7. The lowest BCUT2D eigenvalue weighted by Crippen LogP contribution is -2.17. The van der Waals surface area contributed by atoms with Gasteiger partial charge in [0.25, 0.3) is 0 Å². The third kappa shape index (κ3) is 4.41. The van der Waals surface area contributed by atoms with Gasteiger partial charge in [0.1, 0.15) is 11.6 Å². The lowest BCUT2D eigenvalue weighted by molar-refractivity contribution is -0.116. The van der Waals surface area contributed by atoms with E-state index in [2.05, 4.69) is 20.4 Å². The van der Waals surface area contributed by atoms with Crippen molar-refractivity contribution in [3.8, 4) is 22.3 Å². The minimum Gasteiger partial charge on any atom is -0.493 e. The van der Waals surface area contributed by atoms with Gasteiger partial charge in [-0.1, -0.05) is 24.3 Å². The van der Waals surface area contributed by atoms with Crippen LogP contribution in [0.4, 0.5) is 5.82 Å². The minimum absolute atomic E-state index is 0.182. The van der Waals surface area contributed by atoms with E-state index in [1.807, 2.05) is 53.9 Å². The SMILES string of the molecule is O=C(CCOc1ccccc1)Nc1cc(-n2cccn2)nc(-c2cccs2)n1.